The summed E-state index contributed by atoms with van der Waals surface area (Å²) < 4.78 is 0. The highest BCUT2D eigenvalue weighted by molar-refractivity contribution is 5.82. The first-order chi connectivity index (χ1) is 6.35. The van der Waals surface area contributed by atoms with E-state index in [1.165, 1.54) is 6.21 Å². The largest absolute Gasteiger partial charge is 0.367 e. The molecule has 0 aromatic rings. The summed E-state index contributed by atoms with van der Waals surface area (Å²) in [6.07, 6.45) is 9.94. The van der Waals surface area contributed by atoms with Crippen molar-refractivity contribution in [3.05, 3.63) is 36.5 Å². The minimum atomic E-state index is -0.411. The van der Waals surface area contributed by atoms with Crippen molar-refractivity contribution in [2.75, 3.05) is 6.79 Å². The molecule has 3 nitrogen and oxygen atoms in total. The number of aliphatic hydroxyl groups is 1. The minimum absolute atomic E-state index is 0.411. The maximum absolute atomic E-state index is 8.27. The second-order valence-corrected chi connectivity index (χ2v) is 2.20. The van der Waals surface area contributed by atoms with Crippen LogP contribution >= 0.6 is 0 Å². The van der Waals surface area contributed by atoms with Gasteiger partial charge in [0.15, 0.2) is 0 Å². The zero-order valence-electron chi connectivity index (χ0n) is 7.81. The van der Waals surface area contributed by atoms with Crippen LogP contribution in [0.1, 0.15) is 13.3 Å². The predicted octanol–water partition coefficient (Wildman–Crippen LogP) is 2.02. The molecule has 0 aromatic heterocycles. The van der Waals surface area contributed by atoms with E-state index in [1.807, 2.05) is 18.2 Å². The molecule has 0 radical (unpaired) electrons. The van der Waals surface area contributed by atoms with Crippen molar-refractivity contribution in [1.29, 1.82) is 0 Å². The minimum Gasteiger partial charge on any atom is -0.367 e. The number of rotatable bonds is 6. The third-order valence-electron chi connectivity index (χ3n) is 1.23. The van der Waals surface area contributed by atoms with Gasteiger partial charge in [-0.15, -0.1) is 0 Å². The highest BCUT2D eigenvalue weighted by Crippen LogP contribution is 1.93. The van der Waals surface area contributed by atoms with Gasteiger partial charge in [0.1, 0.15) is 0 Å². The van der Waals surface area contributed by atoms with Gasteiger partial charge in [0, 0.05) is 0 Å². The van der Waals surface area contributed by atoms with Crippen LogP contribution in [0.2, 0.25) is 0 Å². The van der Waals surface area contributed by atoms with Gasteiger partial charge in [-0.05, 0) is 12.0 Å². The summed E-state index contributed by atoms with van der Waals surface area (Å²) >= 11 is 0. The first-order valence-corrected chi connectivity index (χ1v) is 4.10. The molecule has 0 aliphatic rings. The van der Waals surface area contributed by atoms with E-state index < -0.39 is 6.79 Å². The highest BCUT2D eigenvalue weighted by Gasteiger charge is 1.82. The van der Waals surface area contributed by atoms with Crippen LogP contribution in [-0.4, -0.2) is 18.1 Å². The van der Waals surface area contributed by atoms with Gasteiger partial charge in [0.25, 0.3) is 0 Å². The molecule has 13 heavy (non-hydrogen) atoms. The lowest BCUT2D eigenvalue weighted by Gasteiger charge is -1.91. The maximum atomic E-state index is 8.27. The Morgan fingerprint density at radius 3 is 2.92 bits per heavy atom. The van der Waals surface area contributed by atoms with Crippen LogP contribution in [0.25, 0.3) is 0 Å². The van der Waals surface area contributed by atoms with Gasteiger partial charge in [-0.25, -0.2) is 0 Å². The average molecular weight is 181 g/mol. The Morgan fingerprint density at radius 1 is 1.62 bits per heavy atom. The molecule has 0 rings (SSSR count). The van der Waals surface area contributed by atoms with Gasteiger partial charge in [0.05, 0.1) is 6.21 Å². The van der Waals surface area contributed by atoms with Crippen LogP contribution in [0.4, 0.5) is 0 Å². The molecule has 0 aliphatic heterocycles. The molecule has 3 heteroatoms. The van der Waals surface area contributed by atoms with E-state index in [0.29, 0.717) is 0 Å². The number of allylic oxidation sites excluding steroid dienone is 5. The van der Waals surface area contributed by atoms with E-state index in [1.54, 1.807) is 6.08 Å². The lowest BCUT2D eigenvalue weighted by atomic mass is 10.2. The third kappa shape index (κ3) is 7.03. The molecule has 0 saturated heterocycles. The number of nitrogens with zero attached hydrogens (tertiary/aromatic N) is 1. The third-order valence-corrected chi connectivity index (χ3v) is 1.23. The van der Waals surface area contributed by atoms with Crippen LogP contribution in [0, 0.1) is 0 Å². The molecule has 0 saturated carbocycles. The van der Waals surface area contributed by atoms with Gasteiger partial charge >= 0.3 is 0 Å². The lowest BCUT2D eigenvalue weighted by Crippen LogP contribution is -1.85. The molecule has 0 aliphatic carbocycles. The molecule has 0 fully saturated rings. The van der Waals surface area contributed by atoms with E-state index >= 15 is 0 Å². The smallest absolute Gasteiger partial charge is 0.214 e. The number of oxime groups is 1. The summed E-state index contributed by atoms with van der Waals surface area (Å²) in [5.41, 5.74) is 0.832. The molecular formula is C10H15NO2. The fourth-order valence-electron chi connectivity index (χ4n) is 0.610. The van der Waals surface area contributed by atoms with E-state index in [2.05, 4.69) is 23.5 Å². The maximum Gasteiger partial charge on any atom is 0.214 e. The zero-order valence-corrected chi connectivity index (χ0v) is 7.81. The van der Waals surface area contributed by atoms with Crippen LogP contribution in [-0.2, 0) is 4.84 Å². The summed E-state index contributed by atoms with van der Waals surface area (Å²) in [4.78, 5) is 4.38. The Hall–Kier alpha value is -1.35. The molecule has 0 amide bonds. The van der Waals surface area contributed by atoms with Crippen molar-refractivity contribution < 1.29 is 9.94 Å². The standard InChI is InChI=1S/C10H15NO2/c1-3-5-6-7-10(4-2)8-11-13-9-12/h4-8,12H,2-3,9H2,1H3/b6-5-,10-7+,11-8?. The molecule has 0 spiro atoms. The quantitative estimate of drug-likeness (QED) is 0.295. The summed E-state index contributed by atoms with van der Waals surface area (Å²) in [5.74, 6) is 0. The van der Waals surface area contributed by atoms with Crippen LogP contribution < -0.4 is 0 Å². The number of aliphatic hydroxyl groups excluding tert-OH is 1. The topological polar surface area (TPSA) is 41.8 Å². The van der Waals surface area contributed by atoms with Crippen LogP contribution in [0.15, 0.2) is 41.6 Å². The fraction of sp³-hybridized carbons (Fsp3) is 0.300. The van der Waals surface area contributed by atoms with Gasteiger partial charge in [-0.1, -0.05) is 43.0 Å². The Balaban J connectivity index is 4.08. The second kappa shape index (κ2) is 8.74. The summed E-state index contributed by atoms with van der Waals surface area (Å²) in [7, 11) is 0. The monoisotopic (exact) mass is 181 g/mol. The van der Waals surface area contributed by atoms with E-state index in [9.17, 15) is 0 Å². The molecule has 0 atom stereocenters. The van der Waals surface area contributed by atoms with Crippen LogP contribution in [0.5, 0.6) is 0 Å². The van der Waals surface area contributed by atoms with Crippen molar-refractivity contribution in [1.82, 2.24) is 0 Å². The van der Waals surface area contributed by atoms with E-state index in [0.717, 1.165) is 12.0 Å². The molecule has 1 N–H and O–H groups in total. The Labute approximate surface area is 78.7 Å². The first-order valence-electron chi connectivity index (χ1n) is 4.10. The van der Waals surface area contributed by atoms with Gasteiger partial charge in [0.2, 0.25) is 6.79 Å². The normalized spacial score (nSPS) is 12.6. The second-order valence-electron chi connectivity index (χ2n) is 2.20. The first kappa shape index (κ1) is 11.6. The van der Waals surface area contributed by atoms with Gasteiger partial charge in [-0.3, -0.25) is 0 Å². The molecule has 72 valence electrons. The predicted molar refractivity (Wildman–Crippen MR) is 54.4 cm³/mol. The molecular weight excluding hydrogens is 166 g/mol. The van der Waals surface area contributed by atoms with Gasteiger partial charge < -0.3 is 9.94 Å². The van der Waals surface area contributed by atoms with Crippen molar-refractivity contribution in [3.63, 3.8) is 0 Å². The Bertz CT molecular complexity index is 217. The molecule has 0 bridgehead atoms. The molecule has 0 unspecified atom stereocenters. The van der Waals surface area contributed by atoms with Crippen molar-refractivity contribution in [2.24, 2.45) is 5.16 Å². The molecule has 0 heterocycles. The summed E-state index contributed by atoms with van der Waals surface area (Å²) in [6.45, 7) is 5.25. The summed E-state index contributed by atoms with van der Waals surface area (Å²) in [6, 6.07) is 0. The lowest BCUT2D eigenvalue weighted by molar-refractivity contribution is 0.00270. The SMILES string of the molecule is C=C/C(C=NOCO)=C\C=C/CC. The zero-order chi connectivity index (χ0) is 9.94. The van der Waals surface area contributed by atoms with Gasteiger partial charge in [-0.2, -0.15) is 0 Å². The Kier molecular flexibility index (Phi) is 7.84. The van der Waals surface area contributed by atoms with E-state index in [4.69, 9.17) is 5.11 Å². The fourth-order valence-corrected chi connectivity index (χ4v) is 0.610. The molecule has 0 aromatic carbocycles. The van der Waals surface area contributed by atoms with Crippen molar-refractivity contribution >= 4 is 6.21 Å². The van der Waals surface area contributed by atoms with Crippen molar-refractivity contribution in [2.45, 2.75) is 13.3 Å². The number of hydrogen-bond donors (Lipinski definition) is 1. The Morgan fingerprint density at radius 2 is 2.38 bits per heavy atom. The number of hydrogen-bond acceptors (Lipinski definition) is 3. The summed E-state index contributed by atoms with van der Waals surface area (Å²) in [5, 5.41) is 11.8. The highest BCUT2D eigenvalue weighted by atomic mass is 16.7. The van der Waals surface area contributed by atoms with Crippen LogP contribution in [0.3, 0.4) is 0 Å². The average Bonchev–Trinajstić information content (AvgIpc) is 2.16. The van der Waals surface area contributed by atoms with E-state index in [-0.39, 0.29) is 0 Å². The van der Waals surface area contributed by atoms with Crippen molar-refractivity contribution in [3.8, 4) is 0 Å².